The van der Waals surface area contributed by atoms with E-state index in [1.807, 2.05) is 24.3 Å². The molecule has 0 bridgehead atoms. The number of hydrogen-bond donors (Lipinski definition) is 2. The Balaban J connectivity index is 1.24. The monoisotopic (exact) mass is 501 g/mol. The molecule has 1 aliphatic heterocycles. The maximum absolute atomic E-state index is 13.1. The molecular weight excluding hydrogens is 478 g/mol. The molecule has 0 radical (unpaired) electrons. The van der Waals surface area contributed by atoms with Gasteiger partial charge in [-0.3, -0.25) is 14.5 Å². The minimum absolute atomic E-state index is 0.130. The van der Waals surface area contributed by atoms with Crippen LogP contribution in [0.4, 0.5) is 11.5 Å². The largest absolute Gasteiger partial charge is 0.507 e. The smallest absolute Gasteiger partial charge is 0.238 e. The van der Waals surface area contributed by atoms with E-state index >= 15 is 0 Å². The molecule has 9 heteroatoms. The molecule has 5 rings (SSSR count). The molecular formula is C27H24ClN5O3. The molecule has 4 aromatic rings. The summed E-state index contributed by atoms with van der Waals surface area (Å²) >= 11 is 6.13. The fourth-order valence-electron chi connectivity index (χ4n) is 4.38. The number of benzene rings is 3. The molecule has 2 N–H and O–H groups in total. The van der Waals surface area contributed by atoms with E-state index in [1.54, 1.807) is 30.6 Å². The van der Waals surface area contributed by atoms with E-state index in [1.165, 1.54) is 18.2 Å². The van der Waals surface area contributed by atoms with Crippen molar-refractivity contribution in [2.45, 2.75) is 0 Å². The maximum atomic E-state index is 13.1. The predicted octanol–water partition coefficient (Wildman–Crippen LogP) is 3.98. The number of para-hydroxylation sites is 2. The van der Waals surface area contributed by atoms with Gasteiger partial charge in [-0.05, 0) is 42.5 Å². The van der Waals surface area contributed by atoms with Crippen LogP contribution in [0.15, 0.2) is 73.1 Å². The first-order chi connectivity index (χ1) is 17.5. The number of aromatic hydroxyl groups is 1. The van der Waals surface area contributed by atoms with Crippen molar-refractivity contribution in [3.8, 4) is 5.75 Å². The van der Waals surface area contributed by atoms with Gasteiger partial charge < -0.3 is 15.3 Å². The predicted molar refractivity (Wildman–Crippen MR) is 140 cm³/mol. The van der Waals surface area contributed by atoms with Gasteiger partial charge in [-0.2, -0.15) is 0 Å². The van der Waals surface area contributed by atoms with E-state index in [4.69, 9.17) is 11.6 Å². The number of carbonyl (C=O) groups is 2. The van der Waals surface area contributed by atoms with Gasteiger partial charge in [0.05, 0.1) is 23.3 Å². The van der Waals surface area contributed by atoms with E-state index in [0.29, 0.717) is 23.8 Å². The first-order valence-electron chi connectivity index (χ1n) is 11.6. The van der Waals surface area contributed by atoms with Gasteiger partial charge in [0.1, 0.15) is 17.9 Å². The number of phenolic OH excluding ortho intramolecular Hbond substituents is 1. The van der Waals surface area contributed by atoms with Crippen LogP contribution in [-0.2, 0) is 4.79 Å². The Morgan fingerprint density at radius 3 is 2.47 bits per heavy atom. The number of nitrogens with one attached hydrogen (secondary N) is 1. The number of halogens is 1. The molecule has 36 heavy (non-hydrogen) atoms. The number of ketones is 1. The Morgan fingerprint density at radius 1 is 0.917 bits per heavy atom. The van der Waals surface area contributed by atoms with Crippen LogP contribution in [0.3, 0.4) is 0 Å². The molecule has 3 aromatic carbocycles. The van der Waals surface area contributed by atoms with Crippen LogP contribution >= 0.6 is 11.6 Å². The highest BCUT2D eigenvalue weighted by molar-refractivity contribution is 6.31. The molecule has 1 amide bonds. The van der Waals surface area contributed by atoms with Crippen LogP contribution < -0.4 is 10.2 Å². The normalized spacial score (nSPS) is 14.1. The van der Waals surface area contributed by atoms with Crippen molar-refractivity contribution in [2.75, 3.05) is 42.9 Å². The Kier molecular flexibility index (Phi) is 6.79. The lowest BCUT2D eigenvalue weighted by molar-refractivity contribution is -0.117. The third kappa shape index (κ3) is 5.00. The summed E-state index contributed by atoms with van der Waals surface area (Å²) in [7, 11) is 0. The summed E-state index contributed by atoms with van der Waals surface area (Å²) in [6.07, 6.45) is 1.58. The fourth-order valence-corrected chi connectivity index (χ4v) is 4.55. The molecule has 1 aliphatic rings. The average molecular weight is 502 g/mol. The van der Waals surface area contributed by atoms with Gasteiger partial charge in [0.25, 0.3) is 0 Å². The highest BCUT2D eigenvalue weighted by Crippen LogP contribution is 2.27. The van der Waals surface area contributed by atoms with E-state index in [-0.39, 0.29) is 29.3 Å². The van der Waals surface area contributed by atoms with Crippen LogP contribution in [-0.4, -0.2) is 64.4 Å². The second-order valence-corrected chi connectivity index (χ2v) is 9.00. The SMILES string of the molecule is O=C(CN1CCN(c2ncnc3ccccc23)CC1)Nc1ccc(Cl)cc1C(=O)c1ccccc1O. The van der Waals surface area contributed by atoms with Crippen molar-refractivity contribution < 1.29 is 14.7 Å². The number of piperazine rings is 1. The van der Waals surface area contributed by atoms with Crippen LogP contribution in [0.1, 0.15) is 15.9 Å². The summed E-state index contributed by atoms with van der Waals surface area (Å²) in [6, 6.07) is 18.9. The Morgan fingerprint density at radius 2 is 1.67 bits per heavy atom. The van der Waals surface area contributed by atoms with Crippen molar-refractivity contribution in [2.24, 2.45) is 0 Å². The Bertz CT molecular complexity index is 1430. The Labute approximate surface area is 213 Å². The van der Waals surface area contributed by atoms with Gasteiger partial charge in [0, 0.05) is 42.2 Å². The first-order valence-corrected chi connectivity index (χ1v) is 12.0. The summed E-state index contributed by atoms with van der Waals surface area (Å²) < 4.78 is 0. The molecule has 8 nitrogen and oxygen atoms in total. The zero-order valence-corrected chi connectivity index (χ0v) is 20.2. The number of carbonyl (C=O) groups excluding carboxylic acids is 2. The zero-order valence-electron chi connectivity index (χ0n) is 19.4. The highest BCUT2D eigenvalue weighted by atomic mass is 35.5. The van der Waals surface area contributed by atoms with Crippen LogP contribution in [0.5, 0.6) is 5.75 Å². The second-order valence-electron chi connectivity index (χ2n) is 8.56. The number of aromatic nitrogens is 2. The van der Waals surface area contributed by atoms with Crippen molar-refractivity contribution in [1.29, 1.82) is 0 Å². The Hall–Kier alpha value is -4.01. The number of rotatable bonds is 6. The van der Waals surface area contributed by atoms with Gasteiger partial charge in [-0.1, -0.05) is 35.9 Å². The van der Waals surface area contributed by atoms with Crippen LogP contribution in [0.2, 0.25) is 5.02 Å². The number of nitrogens with zero attached hydrogens (tertiary/aromatic N) is 4. The molecule has 0 unspecified atom stereocenters. The number of phenols is 1. The van der Waals surface area contributed by atoms with E-state index in [0.717, 1.165) is 29.8 Å². The molecule has 0 aliphatic carbocycles. The minimum atomic E-state index is -0.420. The topological polar surface area (TPSA) is 98.7 Å². The third-order valence-corrected chi connectivity index (χ3v) is 6.44. The number of fused-ring (bicyclic) bond motifs is 1. The summed E-state index contributed by atoms with van der Waals surface area (Å²) in [5.41, 5.74) is 1.62. The first kappa shape index (κ1) is 23.7. The third-order valence-electron chi connectivity index (χ3n) is 6.21. The summed E-state index contributed by atoms with van der Waals surface area (Å²) in [4.78, 5) is 39.1. The summed E-state index contributed by atoms with van der Waals surface area (Å²) in [5, 5.41) is 14.3. The second kappa shape index (κ2) is 10.3. The summed E-state index contributed by atoms with van der Waals surface area (Å²) in [6.45, 7) is 3.02. The van der Waals surface area contributed by atoms with Gasteiger partial charge in [-0.25, -0.2) is 9.97 Å². The fraction of sp³-hybridized carbons (Fsp3) is 0.185. The number of hydrogen-bond acceptors (Lipinski definition) is 7. The molecule has 2 heterocycles. The van der Waals surface area contributed by atoms with Crippen LogP contribution in [0, 0.1) is 0 Å². The molecule has 1 fully saturated rings. The summed E-state index contributed by atoms with van der Waals surface area (Å²) in [5.74, 6) is 0.119. The van der Waals surface area contributed by atoms with Gasteiger partial charge in [0.2, 0.25) is 5.91 Å². The molecule has 0 spiro atoms. The van der Waals surface area contributed by atoms with E-state index in [9.17, 15) is 14.7 Å². The van der Waals surface area contributed by atoms with Gasteiger partial charge >= 0.3 is 0 Å². The standard InChI is InChI=1S/C27H24ClN5O3/c28-18-9-10-23(21(15-18)26(36)20-6-2-4-8-24(20)34)31-25(35)16-32-11-13-33(14-12-32)27-19-5-1-3-7-22(19)29-17-30-27/h1-10,15,17,34H,11-14,16H2,(H,31,35). The maximum Gasteiger partial charge on any atom is 0.238 e. The van der Waals surface area contributed by atoms with Crippen molar-refractivity contribution in [3.63, 3.8) is 0 Å². The van der Waals surface area contributed by atoms with E-state index in [2.05, 4.69) is 25.1 Å². The molecule has 1 saturated heterocycles. The van der Waals surface area contributed by atoms with Gasteiger partial charge in [0.15, 0.2) is 5.78 Å². The van der Waals surface area contributed by atoms with Gasteiger partial charge in [-0.15, -0.1) is 0 Å². The lowest BCUT2D eigenvalue weighted by Gasteiger charge is -2.35. The van der Waals surface area contributed by atoms with E-state index < -0.39 is 5.78 Å². The van der Waals surface area contributed by atoms with Crippen molar-refractivity contribution >= 4 is 45.7 Å². The molecule has 0 atom stereocenters. The molecule has 1 aromatic heterocycles. The van der Waals surface area contributed by atoms with Crippen molar-refractivity contribution in [3.05, 3.63) is 89.2 Å². The molecule has 182 valence electrons. The average Bonchev–Trinajstić information content (AvgIpc) is 2.90. The lowest BCUT2D eigenvalue weighted by atomic mass is 10.0. The van der Waals surface area contributed by atoms with Crippen molar-refractivity contribution in [1.82, 2.24) is 14.9 Å². The highest BCUT2D eigenvalue weighted by Gasteiger charge is 2.23. The minimum Gasteiger partial charge on any atom is -0.507 e. The molecule has 0 saturated carbocycles. The zero-order chi connectivity index (χ0) is 25.1. The quantitative estimate of drug-likeness (QED) is 0.385. The van der Waals surface area contributed by atoms with Crippen LogP contribution in [0.25, 0.3) is 10.9 Å². The lowest BCUT2D eigenvalue weighted by Crippen LogP contribution is -2.49. The number of amides is 1. The number of anilines is 2.